The number of anilines is 1. The second-order valence-electron chi connectivity index (χ2n) is 5.78. The molecule has 22 heavy (non-hydrogen) atoms. The summed E-state index contributed by atoms with van der Waals surface area (Å²) in [5.74, 6) is -0.193. The molecule has 0 spiro atoms. The van der Waals surface area contributed by atoms with Crippen LogP contribution in [-0.4, -0.2) is 20.5 Å². The van der Waals surface area contributed by atoms with Crippen molar-refractivity contribution >= 4 is 11.5 Å². The summed E-state index contributed by atoms with van der Waals surface area (Å²) in [6, 6.07) is 9.34. The molecule has 0 aliphatic rings. The van der Waals surface area contributed by atoms with Crippen LogP contribution in [0.1, 0.15) is 20.8 Å². The summed E-state index contributed by atoms with van der Waals surface area (Å²) in [5.41, 5.74) is 1.17. The second kappa shape index (κ2) is 6.22. The van der Waals surface area contributed by atoms with Crippen molar-refractivity contribution in [2.45, 2.75) is 20.8 Å². The third-order valence-corrected chi connectivity index (χ3v) is 2.98. The quantitative estimate of drug-likeness (QED) is 0.692. The van der Waals surface area contributed by atoms with Crippen molar-refractivity contribution < 1.29 is 4.79 Å². The van der Waals surface area contributed by atoms with Gasteiger partial charge in [-0.15, -0.1) is 0 Å². The van der Waals surface area contributed by atoms with Crippen molar-refractivity contribution in [3.05, 3.63) is 48.7 Å². The van der Waals surface area contributed by atoms with E-state index in [-0.39, 0.29) is 11.4 Å². The Bertz CT molecular complexity index is 715. The number of ketones is 1. The molecule has 2 rings (SSSR count). The molecule has 0 aliphatic carbocycles. The van der Waals surface area contributed by atoms with E-state index in [1.165, 1.54) is 12.5 Å². The fourth-order valence-electron chi connectivity index (χ4n) is 1.76. The molecule has 0 atom stereocenters. The zero-order valence-electron chi connectivity index (χ0n) is 12.7. The third-order valence-electron chi connectivity index (χ3n) is 2.98. The zero-order valence-corrected chi connectivity index (χ0v) is 12.7. The molecule has 0 fully saturated rings. The molecule has 6 nitrogen and oxygen atoms in total. The molecule has 112 valence electrons. The minimum Gasteiger partial charge on any atom is -0.360 e. The lowest BCUT2D eigenvalue weighted by atomic mass is 9.87. The van der Waals surface area contributed by atoms with E-state index < -0.39 is 5.41 Å². The lowest BCUT2D eigenvalue weighted by molar-refractivity contribution is -0.122. The number of aromatic nitrogens is 3. The van der Waals surface area contributed by atoms with E-state index in [4.69, 9.17) is 5.26 Å². The number of benzene rings is 1. The number of nitriles is 1. The topological polar surface area (TPSA) is 83.6 Å². The summed E-state index contributed by atoms with van der Waals surface area (Å²) in [5, 5.41) is 16.1. The number of rotatable bonds is 4. The van der Waals surface area contributed by atoms with E-state index in [2.05, 4.69) is 15.4 Å². The van der Waals surface area contributed by atoms with Gasteiger partial charge in [-0.2, -0.15) is 10.4 Å². The van der Waals surface area contributed by atoms with Crippen LogP contribution >= 0.6 is 0 Å². The van der Waals surface area contributed by atoms with Gasteiger partial charge >= 0.3 is 0 Å². The van der Waals surface area contributed by atoms with Gasteiger partial charge < -0.3 is 5.32 Å². The Morgan fingerprint density at radius 1 is 1.32 bits per heavy atom. The van der Waals surface area contributed by atoms with Gasteiger partial charge in [-0.1, -0.05) is 20.8 Å². The largest absolute Gasteiger partial charge is 0.360 e. The molecule has 0 saturated heterocycles. The highest BCUT2D eigenvalue weighted by Gasteiger charge is 2.24. The van der Waals surface area contributed by atoms with Crippen molar-refractivity contribution in [3.63, 3.8) is 0 Å². The summed E-state index contributed by atoms with van der Waals surface area (Å²) in [7, 11) is 0. The number of hydrogen-bond acceptors (Lipinski definition) is 5. The van der Waals surface area contributed by atoms with E-state index in [1.807, 2.05) is 30.3 Å². The van der Waals surface area contributed by atoms with Crippen molar-refractivity contribution in [3.8, 4) is 11.8 Å². The maximum absolute atomic E-state index is 12.1. The SMILES string of the molecule is CC(C)(C)C(=O)/C(C#N)=C\Nc1ccc(-n2cncn2)cc1. The maximum Gasteiger partial charge on any atom is 0.180 e. The van der Waals surface area contributed by atoms with E-state index in [0.29, 0.717) is 0 Å². The van der Waals surface area contributed by atoms with Crippen LogP contribution in [-0.2, 0) is 4.79 Å². The van der Waals surface area contributed by atoms with Crippen LogP contribution in [0.3, 0.4) is 0 Å². The lowest BCUT2D eigenvalue weighted by Crippen LogP contribution is -2.22. The molecule has 0 aliphatic heterocycles. The number of carbonyl (C=O) groups excluding carboxylic acids is 1. The Morgan fingerprint density at radius 2 is 2.00 bits per heavy atom. The van der Waals surface area contributed by atoms with Crippen LogP contribution in [0, 0.1) is 16.7 Å². The summed E-state index contributed by atoms with van der Waals surface area (Å²) in [6.07, 6.45) is 4.52. The monoisotopic (exact) mass is 295 g/mol. The van der Waals surface area contributed by atoms with Gasteiger partial charge in [-0.25, -0.2) is 9.67 Å². The maximum atomic E-state index is 12.1. The molecule has 6 heteroatoms. The first-order chi connectivity index (χ1) is 10.4. The van der Waals surface area contributed by atoms with Gasteiger partial charge in [0, 0.05) is 17.3 Å². The first kappa shape index (κ1) is 15.4. The van der Waals surface area contributed by atoms with E-state index >= 15 is 0 Å². The summed E-state index contributed by atoms with van der Waals surface area (Å²) >= 11 is 0. The third kappa shape index (κ3) is 3.58. The Balaban J connectivity index is 2.12. The van der Waals surface area contributed by atoms with Crippen LogP contribution < -0.4 is 5.32 Å². The molecule has 0 bridgehead atoms. The van der Waals surface area contributed by atoms with Gasteiger partial charge in [0.15, 0.2) is 5.78 Å². The molecule has 1 aromatic heterocycles. The molecule has 1 aromatic carbocycles. The van der Waals surface area contributed by atoms with E-state index in [1.54, 1.807) is 31.8 Å². The van der Waals surface area contributed by atoms with Gasteiger partial charge in [-0.05, 0) is 24.3 Å². The zero-order chi connectivity index (χ0) is 16.2. The molecule has 0 radical (unpaired) electrons. The Kier molecular flexibility index (Phi) is 4.37. The van der Waals surface area contributed by atoms with E-state index in [0.717, 1.165) is 11.4 Å². The standard InChI is InChI=1S/C16H17N5O/c1-16(2,3)15(22)12(8-17)9-19-13-4-6-14(7-5-13)21-11-18-10-20-21/h4-7,9-11,19H,1-3H3/b12-9-. The normalized spacial score (nSPS) is 11.8. The highest BCUT2D eigenvalue weighted by atomic mass is 16.1. The number of allylic oxidation sites excluding steroid dienone is 1. The van der Waals surface area contributed by atoms with Crippen molar-refractivity contribution in [1.82, 2.24) is 14.8 Å². The van der Waals surface area contributed by atoms with Crippen molar-refractivity contribution in [2.24, 2.45) is 5.41 Å². The summed E-state index contributed by atoms with van der Waals surface area (Å²) in [6.45, 7) is 5.36. The minimum atomic E-state index is -0.583. The number of nitrogens with zero attached hydrogens (tertiary/aromatic N) is 4. The predicted molar refractivity (Wildman–Crippen MR) is 83.1 cm³/mol. The first-order valence-electron chi connectivity index (χ1n) is 6.78. The fourth-order valence-corrected chi connectivity index (χ4v) is 1.76. The second-order valence-corrected chi connectivity index (χ2v) is 5.78. The highest BCUT2D eigenvalue weighted by molar-refractivity contribution is 6.02. The Morgan fingerprint density at radius 3 is 2.50 bits per heavy atom. The van der Waals surface area contributed by atoms with Gasteiger partial charge in [0.1, 0.15) is 24.3 Å². The number of hydrogen-bond donors (Lipinski definition) is 1. The molecule has 1 N–H and O–H groups in total. The Hall–Kier alpha value is -2.94. The minimum absolute atomic E-state index is 0.104. The number of carbonyl (C=O) groups is 1. The fraction of sp³-hybridized carbons (Fsp3) is 0.250. The van der Waals surface area contributed by atoms with Crippen LogP contribution in [0.4, 0.5) is 5.69 Å². The van der Waals surface area contributed by atoms with Crippen molar-refractivity contribution in [1.29, 1.82) is 5.26 Å². The highest BCUT2D eigenvalue weighted by Crippen LogP contribution is 2.20. The van der Waals surface area contributed by atoms with Gasteiger partial charge in [0.2, 0.25) is 0 Å². The van der Waals surface area contributed by atoms with Crippen LogP contribution in [0.2, 0.25) is 0 Å². The first-order valence-corrected chi connectivity index (χ1v) is 6.78. The molecule has 1 heterocycles. The summed E-state index contributed by atoms with van der Waals surface area (Å²) < 4.78 is 1.64. The molecule has 0 saturated carbocycles. The van der Waals surface area contributed by atoms with Crippen LogP contribution in [0.15, 0.2) is 48.7 Å². The van der Waals surface area contributed by atoms with Crippen LogP contribution in [0.5, 0.6) is 0 Å². The average Bonchev–Trinajstić information content (AvgIpc) is 3.01. The smallest absolute Gasteiger partial charge is 0.180 e. The molecule has 2 aromatic rings. The molecule has 0 unspecified atom stereocenters. The number of nitrogens with one attached hydrogen (secondary N) is 1. The Labute approximate surface area is 129 Å². The molecular formula is C16H17N5O. The molecular weight excluding hydrogens is 278 g/mol. The van der Waals surface area contributed by atoms with Gasteiger partial charge in [-0.3, -0.25) is 4.79 Å². The van der Waals surface area contributed by atoms with Gasteiger partial charge in [0.25, 0.3) is 0 Å². The lowest BCUT2D eigenvalue weighted by Gasteiger charge is -2.15. The average molecular weight is 295 g/mol. The van der Waals surface area contributed by atoms with Crippen molar-refractivity contribution in [2.75, 3.05) is 5.32 Å². The van der Waals surface area contributed by atoms with Crippen LogP contribution in [0.25, 0.3) is 5.69 Å². The van der Waals surface area contributed by atoms with E-state index in [9.17, 15) is 4.79 Å². The predicted octanol–water partition coefficient (Wildman–Crippen LogP) is 2.70. The molecule has 0 amide bonds. The van der Waals surface area contributed by atoms with Gasteiger partial charge in [0.05, 0.1) is 5.69 Å². The summed E-state index contributed by atoms with van der Waals surface area (Å²) in [4.78, 5) is 16.0. The number of Topliss-reactive ketones (excluding diaryl/α,β-unsaturated/α-hetero) is 1.